The third-order valence-corrected chi connectivity index (χ3v) is 2.83. The van der Waals surface area contributed by atoms with Gasteiger partial charge in [0, 0.05) is 19.3 Å². The summed E-state index contributed by atoms with van der Waals surface area (Å²) in [6.45, 7) is 0.480. The average molecular weight is 311 g/mol. The standard InChI is InChI=1S/C11H11FN2O3.2ClH/c12-9-5-13-3-1-8(9)10(15)14-4-2-7(6-14)11(16)17;;/h1,3,5,7H,2,4,6H2,(H,16,17);2*1H. The highest BCUT2D eigenvalue weighted by molar-refractivity contribution is 5.94. The largest absolute Gasteiger partial charge is 0.481 e. The maximum Gasteiger partial charge on any atom is 0.308 e. The van der Waals surface area contributed by atoms with Gasteiger partial charge in [0.2, 0.25) is 0 Å². The van der Waals surface area contributed by atoms with Crippen molar-refractivity contribution >= 4 is 36.7 Å². The van der Waals surface area contributed by atoms with Gasteiger partial charge in [-0.05, 0) is 12.5 Å². The molecule has 2 heterocycles. The number of carbonyl (C=O) groups is 2. The maximum atomic E-state index is 13.3. The molecule has 1 amide bonds. The highest BCUT2D eigenvalue weighted by atomic mass is 35.5. The molecule has 1 N–H and O–H groups in total. The number of aromatic nitrogens is 1. The number of amides is 1. The lowest BCUT2D eigenvalue weighted by Crippen LogP contribution is -2.30. The molecule has 1 aliphatic rings. The van der Waals surface area contributed by atoms with Gasteiger partial charge in [0.15, 0.2) is 5.82 Å². The van der Waals surface area contributed by atoms with E-state index >= 15 is 0 Å². The number of pyridine rings is 1. The minimum absolute atomic E-state index is 0. The number of likely N-dealkylation sites (tertiary alicyclic amines) is 1. The molecule has 19 heavy (non-hydrogen) atoms. The van der Waals surface area contributed by atoms with Crippen LogP contribution in [0.15, 0.2) is 18.5 Å². The van der Waals surface area contributed by atoms with Gasteiger partial charge in [-0.1, -0.05) is 0 Å². The van der Waals surface area contributed by atoms with Crippen LogP contribution in [0.2, 0.25) is 0 Å². The Labute approximate surface area is 121 Å². The summed E-state index contributed by atoms with van der Waals surface area (Å²) in [5.41, 5.74) is -0.0639. The number of carbonyl (C=O) groups excluding carboxylic acids is 1. The Morgan fingerprint density at radius 1 is 1.42 bits per heavy atom. The Hall–Kier alpha value is -1.40. The van der Waals surface area contributed by atoms with Crippen molar-refractivity contribution in [3.63, 3.8) is 0 Å². The van der Waals surface area contributed by atoms with E-state index in [4.69, 9.17) is 5.11 Å². The lowest BCUT2D eigenvalue weighted by Gasteiger charge is -2.15. The Bertz CT molecular complexity index is 473. The molecular formula is C11H13Cl2FN2O3. The van der Waals surface area contributed by atoms with E-state index in [1.54, 1.807) is 0 Å². The SMILES string of the molecule is Cl.Cl.O=C(O)C1CCN(C(=O)c2ccncc2F)C1. The van der Waals surface area contributed by atoms with Gasteiger partial charge in [-0.25, -0.2) is 4.39 Å². The van der Waals surface area contributed by atoms with E-state index in [9.17, 15) is 14.0 Å². The zero-order valence-corrected chi connectivity index (χ0v) is 11.4. The lowest BCUT2D eigenvalue weighted by atomic mass is 10.1. The number of rotatable bonds is 2. The van der Waals surface area contributed by atoms with Crippen molar-refractivity contribution in [2.45, 2.75) is 6.42 Å². The fourth-order valence-electron chi connectivity index (χ4n) is 1.87. The smallest absolute Gasteiger partial charge is 0.308 e. The van der Waals surface area contributed by atoms with Gasteiger partial charge in [0.05, 0.1) is 17.7 Å². The van der Waals surface area contributed by atoms with Gasteiger partial charge in [-0.15, -0.1) is 24.8 Å². The summed E-state index contributed by atoms with van der Waals surface area (Å²) in [7, 11) is 0. The first kappa shape index (κ1) is 17.6. The maximum absolute atomic E-state index is 13.3. The molecular weight excluding hydrogens is 298 g/mol. The Kier molecular flexibility index (Phi) is 6.72. The zero-order chi connectivity index (χ0) is 12.4. The molecule has 0 bridgehead atoms. The molecule has 5 nitrogen and oxygen atoms in total. The molecule has 1 unspecified atom stereocenters. The quantitative estimate of drug-likeness (QED) is 0.901. The fraction of sp³-hybridized carbons (Fsp3) is 0.364. The van der Waals surface area contributed by atoms with Gasteiger partial charge in [-0.3, -0.25) is 14.6 Å². The predicted octanol–water partition coefficient (Wildman–Crippen LogP) is 1.61. The molecule has 1 aliphatic heterocycles. The molecule has 1 aromatic rings. The second-order valence-corrected chi connectivity index (χ2v) is 3.93. The van der Waals surface area contributed by atoms with Crippen molar-refractivity contribution in [2.24, 2.45) is 5.92 Å². The molecule has 1 fully saturated rings. The second-order valence-electron chi connectivity index (χ2n) is 3.93. The van der Waals surface area contributed by atoms with Crippen LogP contribution in [0.25, 0.3) is 0 Å². The molecule has 0 radical (unpaired) electrons. The van der Waals surface area contributed by atoms with Crippen LogP contribution in [0.4, 0.5) is 4.39 Å². The third kappa shape index (κ3) is 3.78. The summed E-state index contributed by atoms with van der Waals surface area (Å²) >= 11 is 0. The number of carboxylic acids is 1. The van der Waals surface area contributed by atoms with E-state index in [0.29, 0.717) is 13.0 Å². The average Bonchev–Trinajstić information content (AvgIpc) is 2.78. The van der Waals surface area contributed by atoms with Crippen molar-refractivity contribution in [2.75, 3.05) is 13.1 Å². The van der Waals surface area contributed by atoms with Crippen molar-refractivity contribution in [3.05, 3.63) is 29.8 Å². The van der Waals surface area contributed by atoms with Crippen LogP contribution >= 0.6 is 24.8 Å². The van der Waals surface area contributed by atoms with E-state index in [1.165, 1.54) is 17.2 Å². The molecule has 1 saturated heterocycles. The summed E-state index contributed by atoms with van der Waals surface area (Å²) in [6, 6.07) is 1.30. The molecule has 0 aromatic carbocycles. The summed E-state index contributed by atoms with van der Waals surface area (Å²) in [4.78, 5) is 27.6. The highest BCUT2D eigenvalue weighted by Crippen LogP contribution is 2.19. The number of halogens is 3. The number of carboxylic acid groups (broad SMARTS) is 1. The predicted molar refractivity (Wildman–Crippen MR) is 70.3 cm³/mol. The molecule has 106 valence electrons. The summed E-state index contributed by atoms with van der Waals surface area (Å²) in [6.07, 6.45) is 2.72. The Balaban J connectivity index is 0.00000162. The first-order valence-corrected chi connectivity index (χ1v) is 5.21. The van der Waals surface area contributed by atoms with Gasteiger partial charge in [0.1, 0.15) is 0 Å². The van der Waals surface area contributed by atoms with E-state index in [1.807, 2.05) is 0 Å². The third-order valence-electron chi connectivity index (χ3n) is 2.83. The number of hydrogen-bond acceptors (Lipinski definition) is 3. The molecule has 0 spiro atoms. The van der Waals surface area contributed by atoms with Crippen molar-refractivity contribution in [1.82, 2.24) is 9.88 Å². The number of nitrogens with zero attached hydrogens (tertiary/aromatic N) is 2. The molecule has 1 atom stereocenters. The number of aliphatic carboxylic acids is 1. The lowest BCUT2D eigenvalue weighted by molar-refractivity contribution is -0.141. The topological polar surface area (TPSA) is 70.5 Å². The first-order chi connectivity index (χ1) is 8.09. The fourth-order valence-corrected chi connectivity index (χ4v) is 1.87. The monoisotopic (exact) mass is 310 g/mol. The van der Waals surface area contributed by atoms with Crippen LogP contribution in [-0.2, 0) is 4.79 Å². The second kappa shape index (κ2) is 7.25. The van der Waals surface area contributed by atoms with E-state index in [2.05, 4.69) is 4.98 Å². The number of hydrogen-bond donors (Lipinski definition) is 1. The van der Waals surface area contributed by atoms with Crippen molar-refractivity contribution < 1.29 is 19.1 Å². The van der Waals surface area contributed by atoms with Gasteiger partial charge >= 0.3 is 5.97 Å². The van der Waals surface area contributed by atoms with Gasteiger partial charge in [0.25, 0.3) is 5.91 Å². The van der Waals surface area contributed by atoms with Crippen LogP contribution in [-0.4, -0.2) is 40.0 Å². The van der Waals surface area contributed by atoms with E-state index < -0.39 is 23.6 Å². The minimum atomic E-state index is -0.921. The van der Waals surface area contributed by atoms with Crippen molar-refractivity contribution in [1.29, 1.82) is 0 Å². The van der Waals surface area contributed by atoms with Crippen LogP contribution in [0.1, 0.15) is 16.8 Å². The molecule has 8 heteroatoms. The molecule has 1 aromatic heterocycles. The molecule has 0 aliphatic carbocycles. The Morgan fingerprint density at radius 3 is 2.63 bits per heavy atom. The highest BCUT2D eigenvalue weighted by Gasteiger charge is 2.32. The van der Waals surface area contributed by atoms with Gasteiger partial charge in [-0.2, -0.15) is 0 Å². The van der Waals surface area contributed by atoms with Gasteiger partial charge < -0.3 is 10.0 Å². The summed E-state index contributed by atoms with van der Waals surface area (Å²) < 4.78 is 13.3. The first-order valence-electron chi connectivity index (χ1n) is 5.21. The summed E-state index contributed by atoms with van der Waals surface area (Å²) in [5.74, 6) is -2.63. The van der Waals surface area contributed by atoms with Crippen LogP contribution < -0.4 is 0 Å². The zero-order valence-electron chi connectivity index (χ0n) is 9.78. The van der Waals surface area contributed by atoms with Crippen LogP contribution in [0.5, 0.6) is 0 Å². The van der Waals surface area contributed by atoms with E-state index in [0.717, 1.165) is 6.20 Å². The summed E-state index contributed by atoms with van der Waals surface area (Å²) in [5, 5.41) is 8.82. The Morgan fingerprint density at radius 2 is 2.11 bits per heavy atom. The van der Waals surface area contributed by atoms with Crippen molar-refractivity contribution in [3.8, 4) is 0 Å². The normalized spacial score (nSPS) is 17.3. The molecule has 0 saturated carbocycles. The van der Waals surface area contributed by atoms with Crippen LogP contribution in [0.3, 0.4) is 0 Å². The molecule has 2 rings (SSSR count). The van der Waals surface area contributed by atoms with E-state index in [-0.39, 0.29) is 36.9 Å². The minimum Gasteiger partial charge on any atom is -0.481 e. The van der Waals surface area contributed by atoms with Crippen LogP contribution in [0, 0.1) is 11.7 Å².